The lowest BCUT2D eigenvalue weighted by molar-refractivity contribution is 0.0706. The van der Waals surface area contributed by atoms with Crippen LogP contribution in [0.1, 0.15) is 45.9 Å². The largest absolute Gasteiger partial charge is 0.381 e. The summed E-state index contributed by atoms with van der Waals surface area (Å²) in [7, 11) is 0. The van der Waals surface area contributed by atoms with E-state index in [1.54, 1.807) is 18.5 Å². The molecule has 0 radical (unpaired) electrons. The van der Waals surface area contributed by atoms with Gasteiger partial charge in [-0.1, -0.05) is 24.3 Å². The zero-order valence-electron chi connectivity index (χ0n) is 19.7. The summed E-state index contributed by atoms with van der Waals surface area (Å²) in [6, 6.07) is 16.3. The number of carbonyl (C=O) groups is 1. The molecule has 35 heavy (non-hydrogen) atoms. The van der Waals surface area contributed by atoms with Gasteiger partial charge in [0.05, 0.1) is 6.20 Å². The number of anilines is 1. The Morgan fingerprint density at radius 3 is 2.91 bits per heavy atom. The highest BCUT2D eigenvalue weighted by Gasteiger charge is 2.28. The Balaban J connectivity index is 1.32. The number of likely N-dealkylation sites (tertiary alicyclic amines) is 1. The Bertz CT molecular complexity index is 1320. The van der Waals surface area contributed by atoms with Crippen LogP contribution in [-0.4, -0.2) is 39.1 Å². The highest BCUT2D eigenvalue weighted by molar-refractivity contribution is 5.95. The zero-order chi connectivity index (χ0) is 24.2. The molecule has 1 saturated heterocycles. The van der Waals surface area contributed by atoms with Gasteiger partial charge in [0.2, 0.25) is 0 Å². The minimum absolute atomic E-state index is 0.0194. The van der Waals surface area contributed by atoms with Crippen molar-refractivity contribution in [3.05, 3.63) is 101 Å². The number of carbonyl (C=O) groups excluding carboxylic acids is 1. The highest BCUT2D eigenvalue weighted by Crippen LogP contribution is 2.34. The molecule has 1 aliphatic rings. The summed E-state index contributed by atoms with van der Waals surface area (Å²) in [4.78, 5) is 19.5. The number of pyridine rings is 1. The van der Waals surface area contributed by atoms with Crippen LogP contribution in [0.5, 0.6) is 0 Å². The first kappa shape index (κ1) is 22.8. The van der Waals surface area contributed by atoms with Gasteiger partial charge in [0.1, 0.15) is 5.82 Å². The van der Waals surface area contributed by atoms with Crippen molar-refractivity contribution in [3.63, 3.8) is 0 Å². The maximum Gasteiger partial charge on any atom is 0.253 e. The van der Waals surface area contributed by atoms with Gasteiger partial charge in [0.15, 0.2) is 0 Å². The molecule has 2 aromatic carbocycles. The first-order valence-corrected chi connectivity index (χ1v) is 11.9. The molecule has 2 aromatic heterocycles. The van der Waals surface area contributed by atoms with E-state index in [2.05, 4.69) is 20.5 Å². The van der Waals surface area contributed by atoms with Crippen molar-refractivity contribution in [1.29, 1.82) is 0 Å². The first-order valence-electron chi connectivity index (χ1n) is 11.9. The summed E-state index contributed by atoms with van der Waals surface area (Å²) in [6.07, 6.45) is 7.17. The number of piperidine rings is 1. The molecule has 7 heteroatoms. The molecule has 6 nitrogen and oxygen atoms in total. The first-order chi connectivity index (χ1) is 17.1. The second-order valence-corrected chi connectivity index (χ2v) is 9.04. The standard InChI is InChI=1S/C28H28FN5O/c1-19-9-10-22(14-26(19)31-16-20-5-3-11-30-15-20)28(35)34-12-4-7-23(18-34)27-25(17-32-33-27)21-6-2-8-24(29)13-21/h2-3,5-6,8-11,13-15,17,23,31H,4,7,12,16,18H2,1H3,(H,32,33). The van der Waals surface area contributed by atoms with E-state index >= 15 is 0 Å². The van der Waals surface area contributed by atoms with E-state index in [9.17, 15) is 9.18 Å². The topological polar surface area (TPSA) is 73.9 Å². The summed E-state index contributed by atoms with van der Waals surface area (Å²) < 4.78 is 13.8. The number of benzene rings is 2. The van der Waals surface area contributed by atoms with Crippen molar-refractivity contribution in [3.8, 4) is 11.1 Å². The van der Waals surface area contributed by atoms with Crippen molar-refractivity contribution in [2.24, 2.45) is 0 Å². The molecule has 4 aromatic rings. The third-order valence-electron chi connectivity index (χ3n) is 6.61. The predicted molar refractivity (Wildman–Crippen MR) is 135 cm³/mol. The molecule has 0 aliphatic carbocycles. The number of nitrogens with zero attached hydrogens (tertiary/aromatic N) is 3. The quantitative estimate of drug-likeness (QED) is 0.388. The number of H-pyrrole nitrogens is 1. The Labute approximate surface area is 204 Å². The predicted octanol–water partition coefficient (Wildman–Crippen LogP) is 5.55. The van der Waals surface area contributed by atoms with E-state index in [-0.39, 0.29) is 17.6 Å². The number of hydrogen-bond donors (Lipinski definition) is 2. The molecule has 1 fully saturated rings. The minimum atomic E-state index is -0.276. The van der Waals surface area contributed by atoms with Gasteiger partial charge >= 0.3 is 0 Å². The molecule has 5 rings (SSSR count). The molecule has 0 spiro atoms. The van der Waals surface area contributed by atoms with E-state index in [0.717, 1.165) is 46.5 Å². The van der Waals surface area contributed by atoms with Crippen LogP contribution in [0.4, 0.5) is 10.1 Å². The van der Waals surface area contributed by atoms with Gasteiger partial charge in [-0.15, -0.1) is 0 Å². The van der Waals surface area contributed by atoms with Crippen LogP contribution >= 0.6 is 0 Å². The van der Waals surface area contributed by atoms with E-state index in [4.69, 9.17) is 0 Å². The molecular formula is C28H28FN5O. The molecular weight excluding hydrogens is 441 g/mol. The number of halogens is 1. The molecule has 1 aliphatic heterocycles. The second kappa shape index (κ2) is 10.1. The third kappa shape index (κ3) is 5.09. The van der Waals surface area contributed by atoms with E-state index in [1.807, 2.05) is 54.4 Å². The number of amides is 1. The average Bonchev–Trinajstić information content (AvgIpc) is 3.39. The average molecular weight is 470 g/mol. The van der Waals surface area contributed by atoms with Gasteiger partial charge in [0, 0.05) is 60.5 Å². The van der Waals surface area contributed by atoms with E-state index in [0.29, 0.717) is 25.2 Å². The van der Waals surface area contributed by atoms with Crippen LogP contribution in [0.15, 0.2) is 73.2 Å². The van der Waals surface area contributed by atoms with Crippen LogP contribution in [-0.2, 0) is 6.54 Å². The van der Waals surface area contributed by atoms with Crippen molar-refractivity contribution in [2.75, 3.05) is 18.4 Å². The molecule has 1 amide bonds. The van der Waals surface area contributed by atoms with E-state index in [1.165, 1.54) is 12.1 Å². The van der Waals surface area contributed by atoms with Crippen LogP contribution in [0.25, 0.3) is 11.1 Å². The number of hydrogen-bond acceptors (Lipinski definition) is 4. The molecule has 3 heterocycles. The minimum Gasteiger partial charge on any atom is -0.381 e. The lowest BCUT2D eigenvalue weighted by Gasteiger charge is -2.33. The lowest BCUT2D eigenvalue weighted by Crippen LogP contribution is -2.39. The maximum absolute atomic E-state index is 13.8. The Hall–Kier alpha value is -4.00. The molecule has 0 bridgehead atoms. The van der Waals surface area contributed by atoms with Crippen LogP contribution in [0.2, 0.25) is 0 Å². The smallest absolute Gasteiger partial charge is 0.253 e. The molecule has 178 valence electrons. The summed E-state index contributed by atoms with van der Waals surface area (Å²) in [5, 5.41) is 10.8. The van der Waals surface area contributed by atoms with Crippen LogP contribution in [0, 0.1) is 12.7 Å². The fourth-order valence-corrected chi connectivity index (χ4v) is 4.72. The van der Waals surface area contributed by atoms with Crippen molar-refractivity contribution in [2.45, 2.75) is 32.2 Å². The Kier molecular flexibility index (Phi) is 6.57. The number of nitrogens with one attached hydrogen (secondary N) is 2. The van der Waals surface area contributed by atoms with Gasteiger partial charge < -0.3 is 10.2 Å². The van der Waals surface area contributed by atoms with Gasteiger partial charge in [0.25, 0.3) is 5.91 Å². The van der Waals surface area contributed by atoms with Gasteiger partial charge in [-0.3, -0.25) is 14.9 Å². The molecule has 1 atom stereocenters. The SMILES string of the molecule is Cc1ccc(C(=O)N2CCCC(c3[nH]ncc3-c3cccc(F)c3)C2)cc1NCc1cccnc1. The number of aryl methyl sites for hydroxylation is 1. The van der Waals surface area contributed by atoms with Crippen LogP contribution in [0.3, 0.4) is 0 Å². The lowest BCUT2D eigenvalue weighted by atomic mass is 9.90. The highest BCUT2D eigenvalue weighted by atomic mass is 19.1. The van der Waals surface area contributed by atoms with Gasteiger partial charge in [-0.2, -0.15) is 5.10 Å². The zero-order valence-corrected chi connectivity index (χ0v) is 19.7. The normalized spacial score (nSPS) is 15.7. The third-order valence-corrected chi connectivity index (χ3v) is 6.61. The Morgan fingerprint density at radius 2 is 2.09 bits per heavy atom. The fourth-order valence-electron chi connectivity index (χ4n) is 4.72. The number of rotatable bonds is 6. The summed E-state index contributed by atoms with van der Waals surface area (Å²) in [5.41, 5.74) is 6.40. The monoisotopic (exact) mass is 469 g/mol. The maximum atomic E-state index is 13.8. The van der Waals surface area contributed by atoms with E-state index < -0.39 is 0 Å². The summed E-state index contributed by atoms with van der Waals surface area (Å²) in [5.74, 6) is -0.143. The van der Waals surface area contributed by atoms with Crippen molar-refractivity contribution >= 4 is 11.6 Å². The van der Waals surface area contributed by atoms with Crippen LogP contribution < -0.4 is 5.32 Å². The second-order valence-electron chi connectivity index (χ2n) is 9.04. The summed E-state index contributed by atoms with van der Waals surface area (Å²) in [6.45, 7) is 3.98. The molecule has 0 saturated carbocycles. The molecule has 2 N–H and O–H groups in total. The van der Waals surface area contributed by atoms with Crippen molar-refractivity contribution < 1.29 is 9.18 Å². The number of aromatic amines is 1. The van der Waals surface area contributed by atoms with Gasteiger partial charge in [-0.05, 0) is 66.8 Å². The fraction of sp³-hybridized carbons (Fsp3) is 0.250. The Morgan fingerprint density at radius 1 is 1.17 bits per heavy atom. The number of aromatic nitrogens is 3. The molecule has 1 unspecified atom stereocenters. The summed E-state index contributed by atoms with van der Waals surface area (Å²) >= 11 is 0. The van der Waals surface area contributed by atoms with Crippen molar-refractivity contribution in [1.82, 2.24) is 20.1 Å². The van der Waals surface area contributed by atoms with Gasteiger partial charge in [-0.25, -0.2) is 4.39 Å².